The zero-order valence-electron chi connectivity index (χ0n) is 14.9. The Morgan fingerprint density at radius 1 is 1.14 bits per heavy atom. The number of aliphatic carboxylic acids is 1. The topological polar surface area (TPSA) is 111 Å². The summed E-state index contributed by atoms with van der Waals surface area (Å²) in [6.07, 6.45) is -0.818. The van der Waals surface area contributed by atoms with E-state index in [2.05, 4.69) is 4.98 Å². The van der Waals surface area contributed by atoms with Crippen LogP contribution in [0, 0.1) is 24.1 Å². The number of aryl methyl sites for hydroxylation is 1. The molecule has 0 unspecified atom stereocenters. The second-order valence-corrected chi connectivity index (χ2v) is 6.25. The normalized spacial score (nSPS) is 10.6. The molecule has 0 aliphatic heterocycles. The van der Waals surface area contributed by atoms with Crippen LogP contribution in [0.1, 0.15) is 34.5 Å². The fourth-order valence-corrected chi connectivity index (χ4v) is 3.00. The average molecular weight is 378 g/mol. The summed E-state index contributed by atoms with van der Waals surface area (Å²) in [6.45, 7) is 1.62. The Hall–Kier alpha value is -3.79. The number of halogens is 1. The van der Waals surface area contributed by atoms with Gasteiger partial charge in [0.1, 0.15) is 23.1 Å². The van der Waals surface area contributed by atoms with E-state index in [-0.39, 0.29) is 28.5 Å². The number of ketones is 1. The number of pyridine rings is 1. The highest BCUT2D eigenvalue weighted by Gasteiger charge is 2.22. The number of aromatic nitrogens is 1. The van der Waals surface area contributed by atoms with Crippen molar-refractivity contribution in [2.24, 2.45) is 0 Å². The molecule has 1 heterocycles. The van der Waals surface area contributed by atoms with Crippen molar-refractivity contribution in [2.45, 2.75) is 19.8 Å². The first kappa shape index (κ1) is 19.0. The Morgan fingerprint density at radius 2 is 1.82 bits per heavy atom. The van der Waals surface area contributed by atoms with Crippen LogP contribution >= 0.6 is 0 Å². The lowest BCUT2D eigenvalue weighted by Gasteiger charge is -2.12. The van der Waals surface area contributed by atoms with Gasteiger partial charge in [0.05, 0.1) is 11.9 Å². The molecule has 140 valence electrons. The molecule has 1 aromatic heterocycles. The van der Waals surface area contributed by atoms with Gasteiger partial charge in [0.25, 0.3) is 0 Å². The number of carbonyl (C=O) groups excluding carboxylic acids is 1. The summed E-state index contributed by atoms with van der Waals surface area (Å²) < 4.78 is 14.7. The fraction of sp³-hybridized carbons (Fsp3) is 0.143. The molecule has 0 bridgehead atoms. The third-order valence-electron chi connectivity index (χ3n) is 4.41. The second-order valence-electron chi connectivity index (χ2n) is 6.25. The van der Waals surface area contributed by atoms with Gasteiger partial charge in [-0.15, -0.1) is 0 Å². The highest BCUT2D eigenvalue weighted by atomic mass is 19.1. The molecule has 2 aromatic carbocycles. The number of carboxylic acids is 1. The highest BCUT2D eigenvalue weighted by molar-refractivity contribution is 6.05. The Bertz CT molecular complexity index is 1170. The predicted octanol–water partition coefficient (Wildman–Crippen LogP) is 3.97. The number of para-hydroxylation sites is 1. The van der Waals surface area contributed by atoms with Crippen molar-refractivity contribution in [3.63, 3.8) is 0 Å². The maximum absolute atomic E-state index is 14.7. The first-order valence-corrected chi connectivity index (χ1v) is 8.41. The Kier molecular flexibility index (Phi) is 5.05. The number of hydrogen-bond acceptors (Lipinski definition) is 5. The first-order valence-electron chi connectivity index (χ1n) is 8.41. The molecular formula is C21H15FN2O4. The molecule has 0 fully saturated rings. The van der Waals surface area contributed by atoms with Crippen molar-refractivity contribution in [3.05, 3.63) is 59.0 Å². The van der Waals surface area contributed by atoms with Crippen LogP contribution in [-0.2, 0) is 4.79 Å². The summed E-state index contributed by atoms with van der Waals surface area (Å²) >= 11 is 0. The molecule has 0 saturated carbocycles. The second kappa shape index (κ2) is 7.45. The van der Waals surface area contributed by atoms with Gasteiger partial charge in [0, 0.05) is 22.9 Å². The van der Waals surface area contributed by atoms with Gasteiger partial charge < -0.3 is 10.2 Å². The average Bonchev–Trinajstić information content (AvgIpc) is 2.67. The van der Waals surface area contributed by atoms with E-state index in [0.29, 0.717) is 11.1 Å². The van der Waals surface area contributed by atoms with Crippen molar-refractivity contribution in [1.29, 1.82) is 5.26 Å². The summed E-state index contributed by atoms with van der Waals surface area (Å²) in [7, 11) is 0. The molecule has 0 amide bonds. The molecule has 0 aliphatic carbocycles. The van der Waals surface area contributed by atoms with Crippen LogP contribution in [0.3, 0.4) is 0 Å². The third kappa shape index (κ3) is 3.28. The van der Waals surface area contributed by atoms with Crippen molar-refractivity contribution in [3.8, 4) is 22.9 Å². The minimum absolute atomic E-state index is 0.168. The van der Waals surface area contributed by atoms with E-state index in [1.165, 1.54) is 0 Å². The van der Waals surface area contributed by atoms with Gasteiger partial charge in [0.15, 0.2) is 11.5 Å². The van der Waals surface area contributed by atoms with Gasteiger partial charge >= 0.3 is 5.97 Å². The number of rotatable bonds is 5. The molecule has 0 atom stereocenters. The standard InChI is InChI=1S/C21H15FN2O4/c1-11-4-2-5-12(18(11)22)13-6-3-7-14-15(10-23)21(28)20(24-19(13)14)16(25)8-9-17(26)27/h2-7,28H,8-9H2,1H3,(H,26,27). The number of carboxylic acid groups (broad SMARTS) is 1. The van der Waals surface area contributed by atoms with E-state index in [1.54, 1.807) is 43.3 Å². The lowest BCUT2D eigenvalue weighted by molar-refractivity contribution is -0.136. The summed E-state index contributed by atoms with van der Waals surface area (Å²) in [5.41, 5.74) is 0.648. The van der Waals surface area contributed by atoms with Gasteiger partial charge in [-0.1, -0.05) is 36.4 Å². The molecule has 7 heteroatoms. The van der Waals surface area contributed by atoms with Gasteiger partial charge in [0.2, 0.25) is 0 Å². The molecule has 0 saturated heterocycles. The maximum atomic E-state index is 14.7. The van der Waals surface area contributed by atoms with Crippen LogP contribution in [0.5, 0.6) is 5.75 Å². The summed E-state index contributed by atoms with van der Waals surface area (Å²) in [5, 5.41) is 28.9. The number of nitriles is 1. The number of Topliss-reactive ketones (excluding diaryl/α,β-unsaturated/α-hetero) is 1. The molecule has 0 radical (unpaired) electrons. The number of fused-ring (bicyclic) bond motifs is 1. The molecule has 2 N–H and O–H groups in total. The Morgan fingerprint density at radius 3 is 2.50 bits per heavy atom. The van der Waals surface area contributed by atoms with E-state index < -0.39 is 35.4 Å². The van der Waals surface area contributed by atoms with E-state index in [1.807, 2.05) is 6.07 Å². The van der Waals surface area contributed by atoms with Crippen LogP contribution in [0.25, 0.3) is 22.0 Å². The molecule has 0 aliphatic rings. The Labute approximate surface area is 159 Å². The Balaban J connectivity index is 2.30. The van der Waals surface area contributed by atoms with E-state index in [0.717, 1.165) is 0 Å². The van der Waals surface area contributed by atoms with Gasteiger partial charge in [-0.3, -0.25) is 9.59 Å². The maximum Gasteiger partial charge on any atom is 0.303 e. The van der Waals surface area contributed by atoms with Crippen molar-refractivity contribution in [2.75, 3.05) is 0 Å². The van der Waals surface area contributed by atoms with Gasteiger partial charge in [-0.05, 0) is 12.5 Å². The summed E-state index contributed by atoms with van der Waals surface area (Å²) in [4.78, 5) is 27.3. The highest BCUT2D eigenvalue weighted by Crippen LogP contribution is 2.36. The SMILES string of the molecule is Cc1cccc(-c2cccc3c(C#N)c(O)c(C(=O)CCC(=O)O)nc23)c1F. The number of hydrogen-bond donors (Lipinski definition) is 2. The molecule has 28 heavy (non-hydrogen) atoms. The molecule has 0 spiro atoms. The smallest absolute Gasteiger partial charge is 0.303 e. The lowest BCUT2D eigenvalue weighted by Crippen LogP contribution is -2.08. The fourth-order valence-electron chi connectivity index (χ4n) is 3.00. The quantitative estimate of drug-likeness (QED) is 0.650. The largest absolute Gasteiger partial charge is 0.504 e. The molecular weight excluding hydrogens is 363 g/mol. The van der Waals surface area contributed by atoms with Gasteiger partial charge in [-0.2, -0.15) is 5.26 Å². The summed E-state index contributed by atoms with van der Waals surface area (Å²) in [6, 6.07) is 11.5. The first-order chi connectivity index (χ1) is 13.3. The van der Waals surface area contributed by atoms with Crippen molar-refractivity contribution in [1.82, 2.24) is 4.98 Å². The van der Waals surface area contributed by atoms with Crippen LogP contribution in [0.15, 0.2) is 36.4 Å². The zero-order valence-corrected chi connectivity index (χ0v) is 14.9. The number of nitrogens with zero attached hydrogens (tertiary/aromatic N) is 2. The summed E-state index contributed by atoms with van der Waals surface area (Å²) in [5.74, 6) is -2.94. The van der Waals surface area contributed by atoms with Crippen molar-refractivity contribution >= 4 is 22.7 Å². The van der Waals surface area contributed by atoms with Crippen LogP contribution in [0.2, 0.25) is 0 Å². The van der Waals surface area contributed by atoms with Crippen LogP contribution in [-0.4, -0.2) is 26.9 Å². The van der Waals surface area contributed by atoms with E-state index in [9.17, 15) is 24.3 Å². The zero-order chi connectivity index (χ0) is 20.4. The number of benzene rings is 2. The van der Waals surface area contributed by atoms with Gasteiger partial charge in [-0.25, -0.2) is 9.37 Å². The minimum atomic E-state index is -1.17. The number of aromatic hydroxyl groups is 1. The predicted molar refractivity (Wildman–Crippen MR) is 99.5 cm³/mol. The van der Waals surface area contributed by atoms with Crippen LogP contribution in [0.4, 0.5) is 4.39 Å². The molecule has 3 rings (SSSR count). The molecule has 6 nitrogen and oxygen atoms in total. The van der Waals surface area contributed by atoms with Crippen LogP contribution < -0.4 is 0 Å². The number of carbonyl (C=O) groups is 2. The van der Waals surface area contributed by atoms with Crippen molar-refractivity contribution < 1.29 is 24.2 Å². The monoisotopic (exact) mass is 378 g/mol. The van der Waals surface area contributed by atoms with E-state index >= 15 is 0 Å². The third-order valence-corrected chi connectivity index (χ3v) is 4.41. The minimum Gasteiger partial charge on any atom is -0.504 e. The lowest BCUT2D eigenvalue weighted by atomic mass is 9.96. The molecule has 3 aromatic rings. The van der Waals surface area contributed by atoms with E-state index in [4.69, 9.17) is 5.11 Å².